The van der Waals surface area contributed by atoms with E-state index in [1.165, 1.54) is 0 Å². The summed E-state index contributed by atoms with van der Waals surface area (Å²) in [6, 6.07) is -0.625. The first-order chi connectivity index (χ1) is 6.00. The van der Waals surface area contributed by atoms with Gasteiger partial charge in [0.05, 0.1) is 6.10 Å². The van der Waals surface area contributed by atoms with Gasteiger partial charge in [-0.1, -0.05) is 13.8 Å². The molecular formula is C9H17NO3. The number of aliphatic carboxylic acids is 1. The topological polar surface area (TPSA) is 69.6 Å². The molecule has 13 heavy (non-hydrogen) atoms. The fourth-order valence-electron chi connectivity index (χ4n) is 1.75. The summed E-state index contributed by atoms with van der Waals surface area (Å²) in [5.74, 6) is -0.398. The zero-order valence-corrected chi connectivity index (χ0v) is 8.03. The quantitative estimate of drug-likeness (QED) is 0.590. The summed E-state index contributed by atoms with van der Waals surface area (Å²) >= 11 is 0. The fourth-order valence-corrected chi connectivity index (χ4v) is 1.75. The molecule has 1 aliphatic heterocycles. The van der Waals surface area contributed by atoms with Crippen molar-refractivity contribution in [3.63, 3.8) is 0 Å². The van der Waals surface area contributed by atoms with Gasteiger partial charge in [0, 0.05) is 12.5 Å². The third-order valence-corrected chi connectivity index (χ3v) is 2.38. The van der Waals surface area contributed by atoms with Crippen molar-refractivity contribution in [1.29, 1.82) is 0 Å². The summed E-state index contributed by atoms with van der Waals surface area (Å²) in [5.41, 5.74) is 0. The number of aliphatic hydroxyl groups excluding tert-OH is 1. The molecule has 2 unspecified atom stereocenters. The van der Waals surface area contributed by atoms with Crippen molar-refractivity contribution >= 4 is 5.97 Å². The first-order valence-electron chi connectivity index (χ1n) is 4.67. The molecule has 0 saturated carbocycles. The van der Waals surface area contributed by atoms with Gasteiger partial charge in [0.2, 0.25) is 0 Å². The minimum atomic E-state index is -0.870. The van der Waals surface area contributed by atoms with Gasteiger partial charge in [-0.2, -0.15) is 0 Å². The van der Waals surface area contributed by atoms with Gasteiger partial charge in [-0.05, 0) is 12.3 Å². The molecule has 1 saturated heterocycles. The number of carboxylic acids is 1. The van der Waals surface area contributed by atoms with Crippen molar-refractivity contribution in [2.24, 2.45) is 5.92 Å². The van der Waals surface area contributed by atoms with Gasteiger partial charge >= 0.3 is 5.97 Å². The van der Waals surface area contributed by atoms with Crippen molar-refractivity contribution in [1.82, 2.24) is 5.32 Å². The van der Waals surface area contributed by atoms with Crippen molar-refractivity contribution in [2.45, 2.75) is 44.9 Å². The maximum Gasteiger partial charge on any atom is 0.320 e. The SMILES string of the molecule is CC(C)C[C@@H]1NC(C(=O)O)CC1O. The van der Waals surface area contributed by atoms with Crippen LogP contribution in [0, 0.1) is 5.92 Å². The van der Waals surface area contributed by atoms with Crippen LogP contribution in [0.2, 0.25) is 0 Å². The van der Waals surface area contributed by atoms with E-state index in [0.717, 1.165) is 6.42 Å². The Balaban J connectivity index is 2.46. The molecule has 0 bridgehead atoms. The number of carbonyl (C=O) groups is 1. The molecule has 1 heterocycles. The maximum absolute atomic E-state index is 10.6. The molecule has 1 fully saturated rings. The van der Waals surface area contributed by atoms with Gasteiger partial charge < -0.3 is 10.2 Å². The van der Waals surface area contributed by atoms with Gasteiger partial charge in [-0.15, -0.1) is 0 Å². The summed E-state index contributed by atoms with van der Waals surface area (Å²) in [6.45, 7) is 4.12. The van der Waals surface area contributed by atoms with Gasteiger partial charge in [0.25, 0.3) is 0 Å². The Morgan fingerprint density at radius 1 is 1.62 bits per heavy atom. The van der Waals surface area contributed by atoms with Crippen molar-refractivity contribution in [3.05, 3.63) is 0 Å². The summed E-state index contributed by atoms with van der Waals surface area (Å²) < 4.78 is 0. The third-order valence-electron chi connectivity index (χ3n) is 2.38. The minimum absolute atomic E-state index is 0.0545. The normalized spacial score (nSPS) is 34.0. The second-order valence-corrected chi connectivity index (χ2v) is 4.10. The van der Waals surface area contributed by atoms with Crippen LogP contribution in [0.4, 0.5) is 0 Å². The Hall–Kier alpha value is -0.610. The first kappa shape index (κ1) is 10.5. The molecule has 1 aliphatic rings. The highest BCUT2D eigenvalue weighted by atomic mass is 16.4. The molecule has 76 valence electrons. The monoisotopic (exact) mass is 187 g/mol. The molecule has 3 N–H and O–H groups in total. The average Bonchev–Trinajstić information content (AvgIpc) is 2.31. The van der Waals surface area contributed by atoms with E-state index in [-0.39, 0.29) is 6.04 Å². The number of nitrogens with one attached hydrogen (secondary N) is 1. The van der Waals surface area contributed by atoms with E-state index in [9.17, 15) is 9.90 Å². The Morgan fingerprint density at radius 2 is 2.23 bits per heavy atom. The molecule has 0 amide bonds. The first-order valence-corrected chi connectivity index (χ1v) is 4.67. The molecule has 0 spiro atoms. The van der Waals surface area contributed by atoms with Crippen LogP contribution in [-0.2, 0) is 4.79 Å². The van der Waals surface area contributed by atoms with Crippen molar-refractivity contribution < 1.29 is 15.0 Å². The van der Waals surface area contributed by atoms with E-state index in [4.69, 9.17) is 5.11 Å². The molecule has 1 rings (SSSR count). The van der Waals surface area contributed by atoms with Crippen LogP contribution in [0.25, 0.3) is 0 Å². The van der Waals surface area contributed by atoms with Crippen LogP contribution in [-0.4, -0.2) is 34.4 Å². The number of carboxylic acid groups (broad SMARTS) is 1. The number of hydrogen-bond donors (Lipinski definition) is 3. The van der Waals surface area contributed by atoms with Crippen LogP contribution in [0.5, 0.6) is 0 Å². The smallest absolute Gasteiger partial charge is 0.320 e. The predicted molar refractivity (Wildman–Crippen MR) is 48.4 cm³/mol. The summed E-state index contributed by atoms with van der Waals surface area (Å²) in [6.07, 6.45) is 0.640. The van der Waals surface area contributed by atoms with E-state index in [1.807, 2.05) is 0 Å². The maximum atomic E-state index is 10.6. The standard InChI is InChI=1S/C9H17NO3/c1-5(2)3-6-8(11)4-7(10-6)9(12)13/h5-8,10-11H,3-4H2,1-2H3,(H,12,13)/t6-,7?,8?/m0/s1. The van der Waals surface area contributed by atoms with Gasteiger partial charge in [-0.3, -0.25) is 10.1 Å². The van der Waals surface area contributed by atoms with Crippen LogP contribution < -0.4 is 5.32 Å². The molecule has 0 aromatic heterocycles. The van der Waals surface area contributed by atoms with Crippen LogP contribution in [0.15, 0.2) is 0 Å². The zero-order chi connectivity index (χ0) is 10.0. The van der Waals surface area contributed by atoms with E-state index in [1.54, 1.807) is 0 Å². The van der Waals surface area contributed by atoms with Crippen molar-refractivity contribution in [2.75, 3.05) is 0 Å². The van der Waals surface area contributed by atoms with Crippen LogP contribution in [0.1, 0.15) is 26.7 Å². The molecule has 0 aromatic carbocycles. The third kappa shape index (κ3) is 2.67. The molecule has 4 nitrogen and oxygen atoms in total. The van der Waals surface area contributed by atoms with Gasteiger partial charge in [0.15, 0.2) is 0 Å². The molecule has 3 atom stereocenters. The highest BCUT2D eigenvalue weighted by molar-refractivity contribution is 5.74. The molecule has 4 heteroatoms. The predicted octanol–water partition coefficient (Wildman–Crippen LogP) is 0.208. The summed E-state index contributed by atoms with van der Waals surface area (Å²) in [7, 11) is 0. The van der Waals surface area contributed by atoms with E-state index < -0.39 is 18.1 Å². The molecule has 0 aromatic rings. The Labute approximate surface area is 78.0 Å². The molecule has 0 aliphatic carbocycles. The van der Waals surface area contributed by atoms with Crippen LogP contribution >= 0.6 is 0 Å². The lowest BCUT2D eigenvalue weighted by Crippen LogP contribution is -2.37. The number of aliphatic hydroxyl groups is 1. The number of rotatable bonds is 3. The lowest BCUT2D eigenvalue weighted by atomic mass is 10.0. The highest BCUT2D eigenvalue weighted by Gasteiger charge is 2.35. The molecular weight excluding hydrogens is 170 g/mol. The second-order valence-electron chi connectivity index (χ2n) is 4.10. The second kappa shape index (κ2) is 4.07. The Bertz CT molecular complexity index is 193. The van der Waals surface area contributed by atoms with Crippen LogP contribution in [0.3, 0.4) is 0 Å². The highest BCUT2D eigenvalue weighted by Crippen LogP contribution is 2.19. The van der Waals surface area contributed by atoms with Gasteiger partial charge in [-0.25, -0.2) is 0 Å². The fraction of sp³-hybridized carbons (Fsp3) is 0.889. The van der Waals surface area contributed by atoms with E-state index >= 15 is 0 Å². The van der Waals surface area contributed by atoms with E-state index in [0.29, 0.717) is 12.3 Å². The zero-order valence-electron chi connectivity index (χ0n) is 8.03. The Morgan fingerprint density at radius 3 is 2.62 bits per heavy atom. The lowest BCUT2D eigenvalue weighted by Gasteiger charge is -2.16. The average molecular weight is 187 g/mol. The summed E-state index contributed by atoms with van der Waals surface area (Å²) in [5, 5.41) is 21.2. The van der Waals surface area contributed by atoms with Gasteiger partial charge in [0.1, 0.15) is 6.04 Å². The van der Waals surface area contributed by atoms with Crippen molar-refractivity contribution in [3.8, 4) is 0 Å². The lowest BCUT2D eigenvalue weighted by molar-refractivity contribution is -0.139. The van der Waals surface area contributed by atoms with E-state index in [2.05, 4.69) is 19.2 Å². The molecule has 0 radical (unpaired) electrons. The summed E-state index contributed by atoms with van der Waals surface area (Å²) in [4.78, 5) is 10.6. The largest absolute Gasteiger partial charge is 0.480 e. The number of hydrogen-bond acceptors (Lipinski definition) is 3. The minimum Gasteiger partial charge on any atom is -0.480 e. The Kier molecular flexibility index (Phi) is 3.27.